The number of allylic oxidation sites excluding steroid dienone is 8. The molecule has 1 aliphatic heterocycles. The molecule has 7 aromatic rings. The first-order valence-electron chi connectivity index (χ1n) is 18.0. The molecule has 0 spiro atoms. The molecule has 0 saturated heterocycles. The highest BCUT2D eigenvalue weighted by Gasteiger charge is 2.35. The number of para-hydroxylation sites is 2. The van der Waals surface area contributed by atoms with Crippen molar-refractivity contribution in [2.45, 2.75) is 13.0 Å². The fraction of sp³-hybridized carbons (Fsp3) is 0.106. The van der Waals surface area contributed by atoms with E-state index in [2.05, 4.69) is 133 Å². The molecule has 0 saturated carbocycles. The van der Waals surface area contributed by atoms with Crippen LogP contribution >= 0.6 is 0 Å². The monoisotopic (exact) mass is 686 g/mol. The average molecular weight is 687 g/mol. The van der Waals surface area contributed by atoms with E-state index in [1.165, 1.54) is 11.1 Å². The molecule has 0 radical (unpaired) electrons. The van der Waals surface area contributed by atoms with Gasteiger partial charge in [0, 0.05) is 40.4 Å². The van der Waals surface area contributed by atoms with Crippen LogP contribution in [0.1, 0.15) is 35.4 Å². The van der Waals surface area contributed by atoms with Gasteiger partial charge in [-0.1, -0.05) is 104 Å². The standard InChI is InChI=1S/C47H34N4O2/c1-28-8-7-9-31-18-19-33(24-38(28)31)35-10-3-5-12-40(35)49-47-50-44-37-22-20-32(30-16-14-29(27-48)15-17-30)26-43(37)53-46(44)45(51(47)2)34-21-23-42-39(25-34)36-11-4-6-13-41(36)52-42/h3-26,28,38,45H,1-2H3,(H,49,50). The molecule has 3 atom stereocenters. The van der Waals surface area contributed by atoms with Crippen molar-refractivity contribution in [2.24, 2.45) is 16.8 Å². The van der Waals surface area contributed by atoms with Crippen LogP contribution in [-0.4, -0.2) is 17.9 Å². The summed E-state index contributed by atoms with van der Waals surface area (Å²) in [6.45, 7) is 2.28. The van der Waals surface area contributed by atoms with Crippen molar-refractivity contribution in [3.63, 3.8) is 0 Å². The van der Waals surface area contributed by atoms with E-state index in [0.717, 1.165) is 78.3 Å². The zero-order valence-corrected chi connectivity index (χ0v) is 29.2. The fourth-order valence-electron chi connectivity index (χ4n) is 8.08. The molecule has 0 amide bonds. The van der Waals surface area contributed by atoms with Gasteiger partial charge in [0.15, 0.2) is 5.76 Å². The van der Waals surface area contributed by atoms with Gasteiger partial charge in [0.05, 0.1) is 11.6 Å². The van der Waals surface area contributed by atoms with Crippen molar-refractivity contribution in [3.05, 3.63) is 174 Å². The topological polar surface area (TPSA) is 77.7 Å². The van der Waals surface area contributed by atoms with Gasteiger partial charge in [0.25, 0.3) is 0 Å². The summed E-state index contributed by atoms with van der Waals surface area (Å²) in [6.07, 6.45) is 13.5. The molecule has 254 valence electrons. The second kappa shape index (κ2) is 12.1. The Morgan fingerprint density at radius 3 is 2.47 bits per heavy atom. The number of hydrogen-bond acceptors (Lipinski definition) is 6. The lowest BCUT2D eigenvalue weighted by molar-refractivity contribution is 0.359. The maximum Gasteiger partial charge on any atom is 0.204 e. The SMILES string of the molecule is CC1C=CC=C2C=CC(c3ccccc3NC3=Nc4c(oc5cc(-c6ccc(C#N)cc6)ccc45)C(c4ccc5oc6ccccc6c5c4)N3C)=CC21. The third-order valence-electron chi connectivity index (χ3n) is 10.9. The molecular weight excluding hydrogens is 653 g/mol. The Bertz CT molecular complexity index is 2820. The van der Waals surface area contributed by atoms with Crippen LogP contribution in [0, 0.1) is 23.2 Å². The molecule has 0 fully saturated rings. The number of aliphatic imine (C=N–C) groups is 1. The molecule has 2 aliphatic carbocycles. The molecular formula is C47H34N4O2. The second-order valence-electron chi connectivity index (χ2n) is 14.1. The van der Waals surface area contributed by atoms with Crippen molar-refractivity contribution in [1.29, 1.82) is 5.26 Å². The lowest BCUT2D eigenvalue weighted by Gasteiger charge is -2.34. The van der Waals surface area contributed by atoms with E-state index < -0.39 is 0 Å². The summed E-state index contributed by atoms with van der Waals surface area (Å²) < 4.78 is 13.0. The minimum absolute atomic E-state index is 0.280. The van der Waals surface area contributed by atoms with E-state index in [1.807, 2.05) is 42.5 Å². The maximum absolute atomic E-state index is 9.32. The predicted molar refractivity (Wildman–Crippen MR) is 214 cm³/mol. The molecule has 3 unspecified atom stereocenters. The molecule has 5 aromatic carbocycles. The Morgan fingerprint density at radius 1 is 0.774 bits per heavy atom. The second-order valence-corrected chi connectivity index (χ2v) is 14.1. The van der Waals surface area contributed by atoms with Gasteiger partial charge in [-0.25, -0.2) is 4.99 Å². The summed E-state index contributed by atoms with van der Waals surface area (Å²) in [7, 11) is 2.07. The minimum atomic E-state index is -0.280. The third-order valence-corrected chi connectivity index (χ3v) is 10.9. The number of rotatable bonds is 4. The molecule has 1 N–H and O–H groups in total. The van der Waals surface area contributed by atoms with Crippen LogP contribution in [0.2, 0.25) is 0 Å². The number of benzene rings is 5. The van der Waals surface area contributed by atoms with Crippen LogP contribution in [0.25, 0.3) is 49.6 Å². The largest absolute Gasteiger partial charge is 0.456 e. The summed E-state index contributed by atoms with van der Waals surface area (Å²) in [4.78, 5) is 7.48. The normalized spacial score (nSPS) is 19.1. The van der Waals surface area contributed by atoms with Gasteiger partial charge in [0.1, 0.15) is 28.5 Å². The van der Waals surface area contributed by atoms with Crippen molar-refractivity contribution in [2.75, 3.05) is 12.4 Å². The number of fused-ring (bicyclic) bond motifs is 7. The fourth-order valence-corrected chi connectivity index (χ4v) is 8.08. The zero-order valence-electron chi connectivity index (χ0n) is 29.2. The van der Waals surface area contributed by atoms with Gasteiger partial charge < -0.3 is 19.1 Å². The first kappa shape index (κ1) is 30.9. The highest BCUT2D eigenvalue weighted by atomic mass is 16.3. The summed E-state index contributed by atoms with van der Waals surface area (Å²) in [5, 5.41) is 16.2. The predicted octanol–water partition coefficient (Wildman–Crippen LogP) is 11.7. The zero-order chi connectivity index (χ0) is 35.6. The lowest BCUT2D eigenvalue weighted by Crippen LogP contribution is -2.38. The van der Waals surface area contributed by atoms with Crippen LogP contribution in [-0.2, 0) is 0 Å². The first-order chi connectivity index (χ1) is 26.0. The number of guanidine groups is 1. The number of nitriles is 1. The van der Waals surface area contributed by atoms with Crippen LogP contribution < -0.4 is 5.32 Å². The van der Waals surface area contributed by atoms with Gasteiger partial charge >= 0.3 is 0 Å². The van der Waals surface area contributed by atoms with Crippen molar-refractivity contribution in [3.8, 4) is 17.2 Å². The van der Waals surface area contributed by atoms with Crippen molar-refractivity contribution < 1.29 is 8.83 Å². The molecule has 10 rings (SSSR count). The molecule has 3 aliphatic rings. The van der Waals surface area contributed by atoms with Gasteiger partial charge in [-0.15, -0.1) is 0 Å². The van der Waals surface area contributed by atoms with Crippen LogP contribution in [0.5, 0.6) is 0 Å². The van der Waals surface area contributed by atoms with Gasteiger partial charge in [-0.3, -0.25) is 0 Å². The quantitative estimate of drug-likeness (QED) is 0.199. The number of furan rings is 2. The Kier molecular flexibility index (Phi) is 7.09. The van der Waals surface area contributed by atoms with E-state index in [-0.39, 0.29) is 6.04 Å². The lowest BCUT2D eigenvalue weighted by atomic mass is 9.78. The Morgan fingerprint density at radius 2 is 1.58 bits per heavy atom. The van der Waals surface area contributed by atoms with Gasteiger partial charge in [-0.05, 0) is 82.3 Å². The number of hydrogen-bond donors (Lipinski definition) is 1. The third kappa shape index (κ3) is 5.12. The van der Waals surface area contributed by atoms with E-state index in [9.17, 15) is 5.26 Å². The van der Waals surface area contributed by atoms with Crippen molar-refractivity contribution in [1.82, 2.24) is 4.90 Å². The molecule has 53 heavy (non-hydrogen) atoms. The maximum atomic E-state index is 9.32. The highest BCUT2D eigenvalue weighted by Crippen LogP contribution is 2.47. The molecule has 3 heterocycles. The van der Waals surface area contributed by atoms with Crippen LogP contribution in [0.4, 0.5) is 11.4 Å². The number of nitrogens with zero attached hydrogens (tertiary/aromatic N) is 3. The van der Waals surface area contributed by atoms with Gasteiger partial charge in [0.2, 0.25) is 5.96 Å². The average Bonchev–Trinajstić information content (AvgIpc) is 3.76. The van der Waals surface area contributed by atoms with Crippen LogP contribution in [0.3, 0.4) is 0 Å². The summed E-state index contributed by atoms with van der Waals surface area (Å²) in [5.41, 5.74) is 11.6. The number of anilines is 1. The Labute approximate surface area is 307 Å². The summed E-state index contributed by atoms with van der Waals surface area (Å²) in [6, 6.07) is 38.9. The van der Waals surface area contributed by atoms with E-state index in [4.69, 9.17) is 13.8 Å². The minimum Gasteiger partial charge on any atom is -0.456 e. The highest BCUT2D eigenvalue weighted by molar-refractivity contribution is 6.06. The van der Waals surface area contributed by atoms with Gasteiger partial charge in [-0.2, -0.15) is 5.26 Å². The van der Waals surface area contributed by atoms with Crippen LogP contribution in [0.15, 0.2) is 165 Å². The van der Waals surface area contributed by atoms with E-state index in [0.29, 0.717) is 17.4 Å². The van der Waals surface area contributed by atoms with E-state index >= 15 is 0 Å². The Balaban J connectivity index is 1.10. The summed E-state index contributed by atoms with van der Waals surface area (Å²) >= 11 is 0. The molecule has 6 heteroatoms. The smallest absolute Gasteiger partial charge is 0.204 e. The first-order valence-corrected chi connectivity index (χ1v) is 18.0. The molecule has 0 bridgehead atoms. The molecule has 2 aromatic heterocycles. The molecule has 6 nitrogen and oxygen atoms in total. The Hall–Kier alpha value is -6.84. The van der Waals surface area contributed by atoms with E-state index in [1.54, 1.807) is 0 Å². The van der Waals surface area contributed by atoms with Crippen molar-refractivity contribution >= 4 is 55.8 Å². The summed E-state index contributed by atoms with van der Waals surface area (Å²) in [5.74, 6) is 2.28. The number of nitrogens with one attached hydrogen (secondary N) is 1.